The van der Waals surface area contributed by atoms with Gasteiger partial charge in [0.2, 0.25) is 17.7 Å². The van der Waals surface area contributed by atoms with Crippen molar-refractivity contribution in [1.29, 1.82) is 0 Å². The van der Waals surface area contributed by atoms with Crippen molar-refractivity contribution in [2.24, 2.45) is 0 Å². The van der Waals surface area contributed by atoms with E-state index < -0.39 is 17.3 Å². The molecule has 0 aliphatic carbocycles. The highest BCUT2D eigenvalue weighted by Crippen LogP contribution is 2.35. The minimum absolute atomic E-state index is 0.00234. The van der Waals surface area contributed by atoms with Gasteiger partial charge in [0.15, 0.2) is 15.7 Å². The van der Waals surface area contributed by atoms with Crippen LogP contribution in [0.1, 0.15) is 39.9 Å². The summed E-state index contributed by atoms with van der Waals surface area (Å²) < 4.78 is 11.9. The number of fused-ring (bicyclic) bond motifs is 1. The van der Waals surface area contributed by atoms with Gasteiger partial charge in [0.05, 0.1) is 18.6 Å². The summed E-state index contributed by atoms with van der Waals surface area (Å²) in [6, 6.07) is 6.86. The number of carbonyl (C=O) groups is 4. The molecule has 1 unspecified atom stereocenters. The molecule has 0 aromatic heterocycles. The topological polar surface area (TPSA) is 105 Å². The standard InChI is InChI=1S/C25H30B5N3O6/c26-15-8-12(9-32-6-7-38-11-19(32)35)21(27)22(28)20(15)25(29,30)39-17-3-1-2-13-14(17)10-33(24(13)37)16-4-5-18(34)31-23(16)36/h1-3,8,16H,4-7,9-11,26-30H2,(H,31,34,36). The van der Waals surface area contributed by atoms with Crippen LogP contribution in [-0.2, 0) is 37.6 Å². The van der Waals surface area contributed by atoms with E-state index in [9.17, 15) is 19.2 Å². The van der Waals surface area contributed by atoms with E-state index in [0.29, 0.717) is 37.4 Å². The van der Waals surface area contributed by atoms with E-state index in [0.717, 1.165) is 33.1 Å². The molecular weight excluding hydrogens is 492 g/mol. The Hall–Kier alpha value is -3.40. The molecule has 2 fully saturated rings. The van der Waals surface area contributed by atoms with Gasteiger partial charge in [0.1, 0.15) is 41.9 Å². The third kappa shape index (κ3) is 5.02. The minimum atomic E-state index is -0.730. The molecule has 1 N–H and O–H groups in total. The Morgan fingerprint density at radius 1 is 1.10 bits per heavy atom. The fourth-order valence-electron chi connectivity index (χ4n) is 6.16. The van der Waals surface area contributed by atoms with E-state index in [4.69, 9.17) is 9.47 Å². The minimum Gasteiger partial charge on any atom is -0.501 e. The van der Waals surface area contributed by atoms with Crippen molar-refractivity contribution in [3.8, 4) is 5.75 Å². The Labute approximate surface area is 232 Å². The van der Waals surface area contributed by atoms with Crippen molar-refractivity contribution >= 4 is 79.2 Å². The number of rotatable bonds is 6. The Morgan fingerprint density at radius 2 is 1.87 bits per heavy atom. The zero-order valence-electron chi connectivity index (χ0n) is 23.2. The molecule has 3 aliphatic heterocycles. The van der Waals surface area contributed by atoms with Crippen molar-refractivity contribution in [2.75, 3.05) is 19.8 Å². The number of hydrogen-bond acceptors (Lipinski definition) is 6. The van der Waals surface area contributed by atoms with E-state index in [1.54, 1.807) is 12.1 Å². The molecule has 2 saturated heterocycles. The lowest BCUT2D eigenvalue weighted by Crippen LogP contribution is -2.52. The molecule has 2 aromatic rings. The second-order valence-electron chi connectivity index (χ2n) is 11.1. The second kappa shape index (κ2) is 10.3. The van der Waals surface area contributed by atoms with Crippen LogP contribution in [0.2, 0.25) is 0 Å². The van der Waals surface area contributed by atoms with Gasteiger partial charge in [-0.3, -0.25) is 24.5 Å². The maximum Gasteiger partial charge on any atom is 0.255 e. The van der Waals surface area contributed by atoms with Crippen LogP contribution in [-0.4, -0.2) is 98.5 Å². The maximum absolute atomic E-state index is 13.3. The number of nitrogens with one attached hydrogen (secondary N) is 1. The van der Waals surface area contributed by atoms with Gasteiger partial charge in [-0.15, -0.1) is 0 Å². The molecule has 0 saturated carbocycles. The highest BCUT2D eigenvalue weighted by atomic mass is 16.5. The lowest BCUT2D eigenvalue weighted by molar-refractivity contribution is -0.143. The normalized spacial score (nSPS) is 19.7. The first-order valence-electron chi connectivity index (χ1n) is 13.4. The van der Waals surface area contributed by atoms with Gasteiger partial charge in [-0.25, -0.2) is 0 Å². The average molecular weight is 523 g/mol. The molecule has 0 radical (unpaired) electrons. The first kappa shape index (κ1) is 27.2. The number of piperidine rings is 1. The van der Waals surface area contributed by atoms with E-state index in [1.165, 1.54) is 4.90 Å². The zero-order valence-corrected chi connectivity index (χ0v) is 23.2. The quantitative estimate of drug-likeness (QED) is 0.299. The van der Waals surface area contributed by atoms with Crippen LogP contribution in [0.3, 0.4) is 0 Å². The second-order valence-corrected chi connectivity index (χ2v) is 11.1. The third-order valence-corrected chi connectivity index (χ3v) is 8.16. The Kier molecular flexibility index (Phi) is 7.18. The number of imide groups is 1. The summed E-state index contributed by atoms with van der Waals surface area (Å²) in [4.78, 5) is 53.0. The Balaban J connectivity index is 1.41. The predicted molar refractivity (Wildman–Crippen MR) is 159 cm³/mol. The van der Waals surface area contributed by atoms with Gasteiger partial charge in [0, 0.05) is 30.6 Å². The monoisotopic (exact) mass is 523 g/mol. The highest BCUT2D eigenvalue weighted by molar-refractivity contribution is 6.54. The van der Waals surface area contributed by atoms with Crippen molar-refractivity contribution < 1.29 is 28.7 Å². The van der Waals surface area contributed by atoms with E-state index in [1.807, 2.05) is 26.7 Å². The average Bonchev–Trinajstić information content (AvgIpc) is 3.20. The summed E-state index contributed by atoms with van der Waals surface area (Å²) >= 11 is 0. The van der Waals surface area contributed by atoms with Gasteiger partial charge in [-0.1, -0.05) is 28.5 Å². The SMILES string of the molecule is Bc1cc(CN2CCOCC2=O)c(B)c(B)c1C(B)(B)Oc1cccc2c1CN(C1CCC(=O)NC1=O)C2=O. The molecule has 5 rings (SSSR count). The van der Waals surface area contributed by atoms with Gasteiger partial charge < -0.3 is 19.3 Å². The summed E-state index contributed by atoms with van der Waals surface area (Å²) in [6.45, 7) is 2.05. The van der Waals surface area contributed by atoms with Crippen LogP contribution < -0.4 is 26.4 Å². The smallest absolute Gasteiger partial charge is 0.255 e. The Bertz CT molecular complexity index is 1400. The number of ether oxygens (including phenoxy) is 2. The van der Waals surface area contributed by atoms with Gasteiger partial charge in [0.25, 0.3) is 5.91 Å². The summed E-state index contributed by atoms with van der Waals surface area (Å²) in [5.41, 5.74) is 6.70. The number of amides is 4. The molecule has 9 nitrogen and oxygen atoms in total. The van der Waals surface area contributed by atoms with Crippen LogP contribution in [0.4, 0.5) is 0 Å². The predicted octanol–water partition coefficient (Wildman–Crippen LogP) is -5.96. The van der Waals surface area contributed by atoms with Crippen LogP contribution in [0, 0.1) is 0 Å². The van der Waals surface area contributed by atoms with E-state index >= 15 is 0 Å². The van der Waals surface area contributed by atoms with Crippen LogP contribution in [0.25, 0.3) is 0 Å². The molecule has 3 aliphatic rings. The highest BCUT2D eigenvalue weighted by Gasteiger charge is 2.41. The van der Waals surface area contributed by atoms with Crippen molar-refractivity contribution in [3.05, 3.63) is 46.5 Å². The molecule has 1 atom stereocenters. The summed E-state index contributed by atoms with van der Waals surface area (Å²) in [5.74, 6) is -0.374. The van der Waals surface area contributed by atoms with Crippen molar-refractivity contribution in [1.82, 2.24) is 15.1 Å². The molecule has 2 aromatic carbocycles. The molecule has 14 heteroatoms. The van der Waals surface area contributed by atoms with E-state index in [-0.39, 0.29) is 37.3 Å². The fraction of sp³-hybridized carbons (Fsp3) is 0.360. The number of benzene rings is 2. The Morgan fingerprint density at radius 3 is 2.59 bits per heavy atom. The largest absolute Gasteiger partial charge is 0.501 e. The molecule has 0 spiro atoms. The maximum atomic E-state index is 13.3. The summed E-state index contributed by atoms with van der Waals surface area (Å²) in [7, 11) is 10.2. The lowest BCUT2D eigenvalue weighted by Gasteiger charge is -2.34. The third-order valence-electron chi connectivity index (χ3n) is 8.16. The van der Waals surface area contributed by atoms with Crippen molar-refractivity contribution in [3.63, 3.8) is 0 Å². The van der Waals surface area contributed by atoms with Crippen LogP contribution >= 0.6 is 0 Å². The lowest BCUT2D eigenvalue weighted by atomic mass is 9.54. The first-order valence-corrected chi connectivity index (χ1v) is 13.4. The molecule has 0 bridgehead atoms. The zero-order chi connectivity index (χ0) is 28.1. The molecule has 39 heavy (non-hydrogen) atoms. The number of morpholine rings is 1. The molecule has 4 amide bonds. The fourth-order valence-corrected chi connectivity index (χ4v) is 6.16. The van der Waals surface area contributed by atoms with Crippen molar-refractivity contribution in [2.45, 2.75) is 37.4 Å². The number of nitrogens with zero attached hydrogens (tertiary/aromatic N) is 2. The van der Waals surface area contributed by atoms with Gasteiger partial charge in [-0.05, 0) is 29.7 Å². The molecule has 3 heterocycles. The van der Waals surface area contributed by atoms with Crippen LogP contribution in [0.5, 0.6) is 5.75 Å². The van der Waals surface area contributed by atoms with Gasteiger partial charge in [-0.2, -0.15) is 0 Å². The molecular formula is C25H30B5N3O6. The number of carbonyl (C=O) groups excluding carboxylic acids is 4. The molecule has 196 valence electrons. The van der Waals surface area contributed by atoms with E-state index in [2.05, 4.69) is 34.9 Å². The summed E-state index contributed by atoms with van der Waals surface area (Å²) in [5, 5.41) is 1.62. The van der Waals surface area contributed by atoms with Gasteiger partial charge >= 0.3 is 0 Å². The van der Waals surface area contributed by atoms with Crippen LogP contribution in [0.15, 0.2) is 24.3 Å². The first-order chi connectivity index (χ1) is 18.5. The summed E-state index contributed by atoms with van der Waals surface area (Å²) in [6.07, 6.45) is 0.520. The number of hydrogen-bond donors (Lipinski definition) is 1.